The number of fused-ring (bicyclic) bond motifs is 1. The molecule has 0 saturated heterocycles. The van der Waals surface area contributed by atoms with Crippen LogP contribution in [0.3, 0.4) is 0 Å². The van der Waals surface area contributed by atoms with E-state index in [-0.39, 0.29) is 22.8 Å². The molecule has 12 heteroatoms. The fourth-order valence-corrected chi connectivity index (χ4v) is 3.71. The highest BCUT2D eigenvalue weighted by Crippen LogP contribution is 2.43. The first-order valence-electron chi connectivity index (χ1n) is 8.13. The van der Waals surface area contributed by atoms with E-state index in [0.29, 0.717) is 14.5 Å². The average Bonchev–Trinajstić information content (AvgIpc) is 2.66. The topological polar surface area (TPSA) is 29.5 Å². The minimum absolute atomic E-state index is 0.196. The molecule has 2 unspecified atom stereocenters. The summed E-state index contributed by atoms with van der Waals surface area (Å²) in [5.74, 6) is -8.53. The highest BCUT2D eigenvalue weighted by atomic mass is 127. The quantitative estimate of drug-likeness (QED) is 0.232. The van der Waals surface area contributed by atoms with Gasteiger partial charge in [0.05, 0.1) is 5.69 Å². The van der Waals surface area contributed by atoms with Crippen molar-refractivity contribution in [3.63, 3.8) is 0 Å². The van der Waals surface area contributed by atoms with Gasteiger partial charge in [0.25, 0.3) is 0 Å². The number of rotatable bonds is 3. The van der Waals surface area contributed by atoms with E-state index in [1.165, 1.54) is 6.08 Å². The molecule has 1 heterocycles. The number of hydrogen-bond donors (Lipinski definition) is 0. The number of nitrogens with zero attached hydrogens (tertiary/aromatic N) is 1. The highest BCUT2D eigenvalue weighted by molar-refractivity contribution is 14.1. The smallest absolute Gasteiger partial charge is 0.423 e. The van der Waals surface area contributed by atoms with Gasteiger partial charge in [0.2, 0.25) is 0 Å². The van der Waals surface area contributed by atoms with Crippen LogP contribution >= 0.6 is 41.1 Å². The maximum Gasteiger partial charge on any atom is 0.482 e. The molecule has 0 bridgehead atoms. The molecule has 3 nitrogen and oxygen atoms in total. The van der Waals surface area contributed by atoms with Crippen molar-refractivity contribution in [2.24, 2.45) is 0 Å². The van der Waals surface area contributed by atoms with E-state index in [1.807, 2.05) is 41.1 Å². The van der Waals surface area contributed by atoms with Crippen LogP contribution in [-0.2, 0) is 4.79 Å². The van der Waals surface area contributed by atoms with Crippen LogP contribution in [0.5, 0.6) is 5.75 Å². The van der Waals surface area contributed by atoms with E-state index in [0.717, 1.165) is 6.07 Å². The predicted octanol–water partition coefficient (Wildman–Crippen LogP) is 4.57. The molecule has 3 rings (SSSR count). The lowest BCUT2D eigenvalue weighted by Crippen LogP contribution is -2.50. The second-order valence-corrected chi connectivity index (χ2v) is 9.13. The molecule has 0 saturated carbocycles. The third-order valence-corrected chi connectivity index (χ3v) is 6.23. The van der Waals surface area contributed by atoms with Crippen LogP contribution in [0.2, 0.25) is 0 Å². The summed E-state index contributed by atoms with van der Waals surface area (Å²) >= 11 is 1.91. The van der Waals surface area contributed by atoms with Crippen molar-refractivity contribution in [3.05, 3.63) is 45.1 Å². The van der Waals surface area contributed by atoms with Crippen LogP contribution in [0.15, 0.2) is 21.8 Å². The summed E-state index contributed by atoms with van der Waals surface area (Å²) in [6, 6.07) is 1.44. The lowest BCUT2D eigenvalue weighted by atomic mass is 10.0. The van der Waals surface area contributed by atoms with Gasteiger partial charge in [-0.25, -0.2) is 17.6 Å². The Bertz CT molecular complexity index is 1080. The molecule has 0 aliphatic carbocycles. The Balaban J connectivity index is 2.29. The molecule has 2 aromatic carbocycles. The number of carbonyl (C=O) groups is 1. The zero-order valence-electron chi connectivity index (χ0n) is 15.0. The van der Waals surface area contributed by atoms with E-state index in [1.54, 1.807) is 6.92 Å². The maximum absolute atomic E-state index is 14.7. The van der Waals surface area contributed by atoms with Crippen molar-refractivity contribution in [1.29, 1.82) is 0 Å². The Hall–Kier alpha value is -1.38. The lowest BCUT2D eigenvalue weighted by molar-refractivity contribution is -0.192. The van der Waals surface area contributed by atoms with E-state index < -0.39 is 52.2 Å². The molecule has 1 amide bonds. The van der Waals surface area contributed by atoms with Crippen LogP contribution in [0.4, 0.5) is 32.0 Å². The summed E-state index contributed by atoms with van der Waals surface area (Å²) in [7, 11) is 3.86. The molecule has 2 atom stereocenters. The zero-order chi connectivity index (χ0) is 22.5. The first-order valence-corrected chi connectivity index (χ1v) is 10.4. The van der Waals surface area contributed by atoms with Crippen molar-refractivity contribution in [2.45, 2.75) is 13.0 Å². The number of carbonyl (C=O) groups excluding carboxylic acids is 1. The van der Waals surface area contributed by atoms with Gasteiger partial charge >= 0.3 is 12.0 Å². The molecule has 30 heavy (non-hydrogen) atoms. The molecule has 0 spiro atoms. The number of alkyl halides is 2. The Morgan fingerprint density at radius 1 is 1.13 bits per heavy atom. The third-order valence-electron chi connectivity index (χ3n) is 4.30. The molecule has 0 radical (unpaired) electrons. The molecule has 1 aliphatic heterocycles. The van der Waals surface area contributed by atoms with Gasteiger partial charge in [-0.05, 0) is 44.5 Å². The number of allylic oxidation sites excluding steroid dienone is 1. The van der Waals surface area contributed by atoms with Crippen LogP contribution in [-0.4, -0.2) is 18.6 Å². The number of ether oxygens (including phenoxy) is 1. The first kappa shape index (κ1) is 23.3. The second-order valence-electron chi connectivity index (χ2n) is 6.27. The molecule has 160 valence electrons. The molecular weight excluding hydrogens is 565 g/mol. The minimum atomic E-state index is -4.24. The van der Waals surface area contributed by atoms with E-state index in [2.05, 4.69) is 4.74 Å². The summed E-state index contributed by atoms with van der Waals surface area (Å²) < 4.78 is 89.9. The van der Waals surface area contributed by atoms with Gasteiger partial charge in [-0.2, -0.15) is 8.78 Å². The van der Waals surface area contributed by atoms with Crippen molar-refractivity contribution in [1.82, 2.24) is 0 Å². The van der Waals surface area contributed by atoms with Crippen molar-refractivity contribution in [2.75, 3.05) is 11.4 Å². The number of benzene rings is 2. The second kappa shape index (κ2) is 8.28. The molecule has 0 fully saturated rings. The Morgan fingerprint density at radius 2 is 1.77 bits per heavy atom. The van der Waals surface area contributed by atoms with Crippen LogP contribution in [0.1, 0.15) is 6.92 Å². The van der Waals surface area contributed by atoms with Gasteiger partial charge in [-0.15, -0.1) is 18.5 Å². The van der Waals surface area contributed by atoms with E-state index in [4.69, 9.17) is 0 Å². The van der Waals surface area contributed by atoms with Gasteiger partial charge < -0.3 is 4.74 Å². The zero-order valence-corrected chi connectivity index (χ0v) is 19.5. The standard InChI is InChI=1S/C18H12F6INO2P2/c1-6(25)2-3-26-9-4-7(8(19)5-10(9)28-18(23,24)17(26)27)11-12(20)13(21)14(22)16(30)15(11)29/h2,4-5H,3,29-30H2,1H3/b6-2+. The first-order chi connectivity index (χ1) is 13.9. The van der Waals surface area contributed by atoms with Crippen molar-refractivity contribution < 1.29 is 35.9 Å². The minimum Gasteiger partial charge on any atom is -0.423 e. The van der Waals surface area contributed by atoms with Gasteiger partial charge in [0.15, 0.2) is 23.2 Å². The number of anilines is 1. The summed E-state index contributed by atoms with van der Waals surface area (Å²) in [4.78, 5) is 12.8. The summed E-state index contributed by atoms with van der Waals surface area (Å²) in [6.07, 6.45) is -2.77. The van der Waals surface area contributed by atoms with Gasteiger partial charge in [0.1, 0.15) is 5.82 Å². The van der Waals surface area contributed by atoms with Crippen molar-refractivity contribution >= 4 is 63.3 Å². The molecule has 0 aromatic heterocycles. The SMILES string of the molecule is C/C(I)=C\CN1C(=O)C(F)(F)Oc2cc(F)c(-c3c(F)c(F)c(F)c(P)c3P)cc21. The van der Waals surface area contributed by atoms with E-state index in [9.17, 15) is 31.1 Å². The van der Waals surface area contributed by atoms with Gasteiger partial charge in [-0.1, -0.05) is 6.08 Å². The van der Waals surface area contributed by atoms with Crippen LogP contribution < -0.4 is 20.2 Å². The highest BCUT2D eigenvalue weighted by Gasteiger charge is 2.50. The number of halogens is 7. The van der Waals surface area contributed by atoms with E-state index >= 15 is 0 Å². The fraction of sp³-hybridized carbons (Fsp3) is 0.167. The molecule has 0 N–H and O–H groups in total. The Kier molecular flexibility index (Phi) is 6.43. The normalized spacial score (nSPS) is 15.9. The lowest BCUT2D eigenvalue weighted by Gasteiger charge is -2.33. The predicted molar refractivity (Wildman–Crippen MR) is 116 cm³/mol. The molecular formula is C18H12F6INO2P2. The van der Waals surface area contributed by atoms with Crippen LogP contribution in [0.25, 0.3) is 11.1 Å². The summed E-state index contributed by atoms with van der Waals surface area (Å²) in [5.41, 5.74) is -1.45. The summed E-state index contributed by atoms with van der Waals surface area (Å²) in [6.45, 7) is 1.37. The maximum atomic E-state index is 14.7. The average molecular weight is 577 g/mol. The van der Waals surface area contributed by atoms with Gasteiger partial charge in [-0.3, -0.25) is 9.69 Å². The van der Waals surface area contributed by atoms with Gasteiger partial charge in [0, 0.05) is 29.0 Å². The van der Waals surface area contributed by atoms with Crippen LogP contribution in [0, 0.1) is 23.3 Å². The Morgan fingerprint density at radius 3 is 2.37 bits per heavy atom. The summed E-state index contributed by atoms with van der Waals surface area (Å²) in [5, 5.41) is -0.552. The molecule has 1 aliphatic rings. The van der Waals surface area contributed by atoms with Crippen molar-refractivity contribution in [3.8, 4) is 16.9 Å². The number of hydrogen-bond acceptors (Lipinski definition) is 2. The molecule has 2 aromatic rings. The number of amides is 1. The fourth-order valence-electron chi connectivity index (χ4n) is 2.83. The largest absolute Gasteiger partial charge is 0.482 e. The monoisotopic (exact) mass is 577 g/mol. The Labute approximate surface area is 185 Å². The third kappa shape index (κ3) is 3.94.